The summed E-state index contributed by atoms with van der Waals surface area (Å²) in [5.41, 5.74) is 9.89. The predicted octanol–water partition coefficient (Wildman–Crippen LogP) is 2.98. The summed E-state index contributed by atoms with van der Waals surface area (Å²) < 4.78 is 15.0. The number of nitrogens with zero attached hydrogens (tertiary/aromatic N) is 3. The first-order valence-electron chi connectivity index (χ1n) is 7.67. The number of hydrogen-bond acceptors (Lipinski definition) is 3. The highest BCUT2D eigenvalue weighted by molar-refractivity contribution is 5.65. The Morgan fingerprint density at radius 1 is 1.36 bits per heavy atom. The summed E-state index contributed by atoms with van der Waals surface area (Å²) in [7, 11) is 0. The Labute approximate surface area is 129 Å². The Morgan fingerprint density at radius 3 is 2.82 bits per heavy atom. The van der Waals surface area contributed by atoms with E-state index in [9.17, 15) is 4.39 Å². The lowest BCUT2D eigenvalue weighted by molar-refractivity contribution is 0.508. The van der Waals surface area contributed by atoms with Crippen LogP contribution in [-0.4, -0.2) is 16.3 Å². The first kappa shape index (κ1) is 14.7. The van der Waals surface area contributed by atoms with Gasteiger partial charge in [0.2, 0.25) is 0 Å². The van der Waals surface area contributed by atoms with Crippen LogP contribution in [-0.2, 0) is 13.0 Å². The molecule has 22 heavy (non-hydrogen) atoms. The normalized spacial score (nSPS) is 17.0. The number of nitrogens with two attached hydrogens (primary N) is 1. The average Bonchev–Trinajstić information content (AvgIpc) is 2.89. The zero-order valence-corrected chi connectivity index (χ0v) is 12.4. The molecule has 4 nitrogen and oxygen atoms in total. The van der Waals surface area contributed by atoms with Crippen LogP contribution in [0.1, 0.15) is 36.4 Å². The molecule has 0 radical (unpaired) electrons. The molecular weight excluding hydrogens is 279 g/mol. The van der Waals surface area contributed by atoms with Crippen LogP contribution in [0, 0.1) is 17.1 Å². The van der Waals surface area contributed by atoms with Crippen LogP contribution in [0.25, 0.3) is 11.3 Å². The molecule has 5 heteroatoms. The van der Waals surface area contributed by atoms with Gasteiger partial charge in [-0.25, -0.2) is 4.39 Å². The van der Waals surface area contributed by atoms with Crippen molar-refractivity contribution in [3.63, 3.8) is 0 Å². The number of hydrogen-bond donors (Lipinski definition) is 1. The van der Waals surface area contributed by atoms with E-state index in [-0.39, 0.29) is 12.4 Å². The van der Waals surface area contributed by atoms with Crippen molar-refractivity contribution in [3.05, 3.63) is 41.3 Å². The van der Waals surface area contributed by atoms with E-state index in [4.69, 9.17) is 11.0 Å². The van der Waals surface area contributed by atoms with Crippen LogP contribution >= 0.6 is 0 Å². The van der Waals surface area contributed by atoms with Crippen molar-refractivity contribution in [2.24, 2.45) is 5.73 Å². The van der Waals surface area contributed by atoms with Crippen LogP contribution in [0.3, 0.4) is 0 Å². The van der Waals surface area contributed by atoms with Gasteiger partial charge in [-0.2, -0.15) is 10.4 Å². The van der Waals surface area contributed by atoms with Gasteiger partial charge in [-0.3, -0.25) is 4.68 Å². The molecule has 3 rings (SSSR count). The van der Waals surface area contributed by atoms with E-state index in [2.05, 4.69) is 11.2 Å². The van der Waals surface area contributed by atoms with Crippen molar-refractivity contribution in [3.8, 4) is 17.3 Å². The highest BCUT2D eigenvalue weighted by atomic mass is 19.1. The number of aromatic nitrogens is 2. The topological polar surface area (TPSA) is 67.6 Å². The molecule has 0 amide bonds. The summed E-state index contributed by atoms with van der Waals surface area (Å²) in [6, 6.07) is 8.58. The van der Waals surface area contributed by atoms with Crippen LogP contribution in [0.2, 0.25) is 0 Å². The fraction of sp³-hybridized carbons (Fsp3) is 0.412. The van der Waals surface area contributed by atoms with Gasteiger partial charge >= 0.3 is 0 Å². The smallest absolute Gasteiger partial charge is 0.128 e. The third kappa shape index (κ3) is 2.62. The second-order valence-electron chi connectivity index (χ2n) is 5.70. The second kappa shape index (κ2) is 6.29. The third-order valence-corrected chi connectivity index (χ3v) is 4.33. The van der Waals surface area contributed by atoms with Gasteiger partial charge in [-0.05, 0) is 62.4 Å². The molecule has 2 N–H and O–H groups in total. The summed E-state index contributed by atoms with van der Waals surface area (Å²) >= 11 is 0. The van der Waals surface area contributed by atoms with Crippen LogP contribution in [0.4, 0.5) is 4.39 Å². The Bertz CT molecular complexity index is 697. The number of nitriles is 1. The molecule has 0 bridgehead atoms. The molecule has 0 saturated heterocycles. The quantitative estimate of drug-likeness (QED) is 0.943. The lowest BCUT2D eigenvalue weighted by Gasteiger charge is -2.23. The second-order valence-corrected chi connectivity index (χ2v) is 5.70. The molecule has 1 aromatic heterocycles. The SMILES string of the molecule is N#CCn1nc(-c2ccc(F)cc2)c2c1CCCC2CCN. The Balaban J connectivity index is 2.13. The van der Waals surface area contributed by atoms with E-state index in [1.165, 1.54) is 17.7 Å². The maximum absolute atomic E-state index is 13.2. The molecular formula is C17H19FN4. The number of fused-ring (bicyclic) bond motifs is 1. The Kier molecular flexibility index (Phi) is 4.21. The lowest BCUT2D eigenvalue weighted by Crippen LogP contribution is -2.15. The van der Waals surface area contributed by atoms with Gasteiger partial charge < -0.3 is 5.73 Å². The molecule has 0 saturated carbocycles. The van der Waals surface area contributed by atoms with E-state index in [0.717, 1.165) is 42.6 Å². The van der Waals surface area contributed by atoms with Gasteiger partial charge in [0, 0.05) is 16.8 Å². The first-order chi connectivity index (χ1) is 10.7. The molecule has 1 aromatic carbocycles. The molecule has 114 valence electrons. The van der Waals surface area contributed by atoms with Crippen LogP contribution in [0.5, 0.6) is 0 Å². The fourth-order valence-corrected chi connectivity index (χ4v) is 3.37. The van der Waals surface area contributed by atoms with Crippen molar-refractivity contribution in [2.45, 2.75) is 38.1 Å². The van der Waals surface area contributed by atoms with Crippen LogP contribution in [0.15, 0.2) is 24.3 Å². The zero-order chi connectivity index (χ0) is 15.5. The molecule has 1 atom stereocenters. The Morgan fingerprint density at radius 2 is 2.14 bits per heavy atom. The highest BCUT2D eigenvalue weighted by Gasteiger charge is 2.28. The lowest BCUT2D eigenvalue weighted by atomic mass is 9.82. The maximum Gasteiger partial charge on any atom is 0.128 e. The highest BCUT2D eigenvalue weighted by Crippen LogP contribution is 2.40. The van der Waals surface area contributed by atoms with E-state index in [1.54, 1.807) is 16.8 Å². The van der Waals surface area contributed by atoms with Crippen molar-refractivity contribution in [2.75, 3.05) is 6.54 Å². The molecule has 0 aliphatic heterocycles. The van der Waals surface area contributed by atoms with Gasteiger partial charge in [0.1, 0.15) is 12.4 Å². The summed E-state index contributed by atoms with van der Waals surface area (Å²) in [6.45, 7) is 0.884. The van der Waals surface area contributed by atoms with Gasteiger partial charge in [0.15, 0.2) is 0 Å². The van der Waals surface area contributed by atoms with Crippen LogP contribution < -0.4 is 5.73 Å². The molecule has 0 fully saturated rings. The van der Waals surface area contributed by atoms with Gasteiger partial charge in [-0.15, -0.1) is 0 Å². The monoisotopic (exact) mass is 298 g/mol. The summed E-state index contributed by atoms with van der Waals surface area (Å²) in [4.78, 5) is 0. The van der Waals surface area contributed by atoms with Gasteiger partial charge in [-0.1, -0.05) is 0 Å². The maximum atomic E-state index is 13.2. The summed E-state index contributed by atoms with van der Waals surface area (Å²) in [5, 5.41) is 13.7. The molecule has 1 unspecified atom stereocenters. The average molecular weight is 298 g/mol. The van der Waals surface area contributed by atoms with Crippen molar-refractivity contribution < 1.29 is 4.39 Å². The van der Waals surface area contributed by atoms with E-state index in [0.29, 0.717) is 12.5 Å². The molecule has 1 heterocycles. The fourth-order valence-electron chi connectivity index (χ4n) is 3.37. The van der Waals surface area contributed by atoms with Gasteiger partial charge in [0.25, 0.3) is 0 Å². The van der Waals surface area contributed by atoms with E-state index >= 15 is 0 Å². The van der Waals surface area contributed by atoms with Crippen molar-refractivity contribution in [1.29, 1.82) is 5.26 Å². The number of rotatable bonds is 4. The minimum absolute atomic E-state index is 0.249. The van der Waals surface area contributed by atoms with E-state index in [1.807, 2.05) is 0 Å². The third-order valence-electron chi connectivity index (χ3n) is 4.33. The van der Waals surface area contributed by atoms with Crippen molar-refractivity contribution >= 4 is 0 Å². The van der Waals surface area contributed by atoms with E-state index < -0.39 is 0 Å². The van der Waals surface area contributed by atoms with Crippen molar-refractivity contribution in [1.82, 2.24) is 9.78 Å². The summed E-state index contributed by atoms with van der Waals surface area (Å²) in [6.07, 6.45) is 4.04. The molecule has 0 spiro atoms. The minimum atomic E-state index is -0.257. The largest absolute Gasteiger partial charge is 0.330 e. The standard InChI is InChI=1S/C17H19FN4/c18-14-6-4-13(5-7-14)17-16-12(8-9-19)2-1-3-15(16)22(21-17)11-10-20/h4-7,12H,1-3,8-9,11,19H2. The summed E-state index contributed by atoms with van der Waals surface area (Å²) in [5.74, 6) is 0.119. The predicted molar refractivity (Wildman–Crippen MR) is 82.6 cm³/mol. The molecule has 1 aliphatic rings. The van der Waals surface area contributed by atoms with Gasteiger partial charge in [0.05, 0.1) is 11.8 Å². The molecule has 2 aromatic rings. The minimum Gasteiger partial charge on any atom is -0.330 e. The number of halogens is 1. The first-order valence-corrected chi connectivity index (χ1v) is 7.67. The zero-order valence-electron chi connectivity index (χ0n) is 12.4. The number of benzene rings is 1. The Hall–Kier alpha value is -2.19. The molecule has 1 aliphatic carbocycles.